The lowest BCUT2D eigenvalue weighted by molar-refractivity contribution is 0.295. The zero-order chi connectivity index (χ0) is 13.7. The van der Waals surface area contributed by atoms with E-state index in [0.29, 0.717) is 13.2 Å². The Labute approximate surface area is 113 Å². The maximum atomic E-state index is 5.71. The van der Waals surface area contributed by atoms with Gasteiger partial charge in [0, 0.05) is 17.8 Å². The first-order chi connectivity index (χ1) is 9.22. The number of ether oxygens (including phenoxy) is 2. The van der Waals surface area contributed by atoms with Crippen molar-refractivity contribution in [2.24, 2.45) is 5.73 Å². The minimum atomic E-state index is 0.432. The highest BCUT2D eigenvalue weighted by molar-refractivity contribution is 5.37. The zero-order valence-electron chi connectivity index (χ0n) is 11.2. The van der Waals surface area contributed by atoms with Crippen molar-refractivity contribution in [2.75, 3.05) is 7.11 Å². The molecule has 0 radical (unpaired) electrons. The van der Waals surface area contributed by atoms with Gasteiger partial charge in [-0.1, -0.05) is 6.07 Å². The molecule has 0 saturated heterocycles. The van der Waals surface area contributed by atoms with Crippen LogP contribution in [0.25, 0.3) is 0 Å². The Morgan fingerprint density at radius 1 is 1.21 bits per heavy atom. The fourth-order valence-corrected chi connectivity index (χ4v) is 1.77. The second-order valence-electron chi connectivity index (χ2n) is 4.27. The third kappa shape index (κ3) is 3.45. The molecule has 0 amide bonds. The van der Waals surface area contributed by atoms with Gasteiger partial charge in [0.1, 0.15) is 18.1 Å². The summed E-state index contributed by atoms with van der Waals surface area (Å²) in [5.74, 6) is 1.54. The van der Waals surface area contributed by atoms with E-state index in [1.165, 1.54) is 0 Å². The molecule has 2 N–H and O–H groups in total. The number of hydrogen-bond donors (Lipinski definition) is 1. The van der Waals surface area contributed by atoms with Crippen molar-refractivity contribution in [3.05, 3.63) is 53.3 Å². The first kappa shape index (κ1) is 13.4. The molecular weight excluding hydrogens is 240 g/mol. The smallest absolute Gasteiger partial charge is 0.138 e. The molecule has 0 bridgehead atoms. The third-order valence-electron chi connectivity index (χ3n) is 2.86. The summed E-state index contributed by atoms with van der Waals surface area (Å²) in [6.07, 6.45) is 1.72. The van der Waals surface area contributed by atoms with Gasteiger partial charge in [-0.05, 0) is 36.8 Å². The summed E-state index contributed by atoms with van der Waals surface area (Å²) in [6.45, 7) is 2.88. The van der Waals surface area contributed by atoms with Crippen molar-refractivity contribution in [3.8, 4) is 11.5 Å². The monoisotopic (exact) mass is 258 g/mol. The van der Waals surface area contributed by atoms with Gasteiger partial charge in [0.05, 0.1) is 13.3 Å². The Kier molecular flexibility index (Phi) is 4.36. The lowest BCUT2D eigenvalue weighted by Crippen LogP contribution is -2.02. The summed E-state index contributed by atoms with van der Waals surface area (Å²) in [6, 6.07) is 9.69. The van der Waals surface area contributed by atoms with Crippen LogP contribution in [0.2, 0.25) is 0 Å². The summed E-state index contributed by atoms with van der Waals surface area (Å²) in [7, 11) is 1.65. The Morgan fingerprint density at radius 3 is 2.68 bits per heavy atom. The lowest BCUT2D eigenvalue weighted by Gasteiger charge is -2.11. The summed E-state index contributed by atoms with van der Waals surface area (Å²) < 4.78 is 11.0. The lowest BCUT2D eigenvalue weighted by atomic mass is 10.1. The molecule has 4 heteroatoms. The van der Waals surface area contributed by atoms with E-state index in [0.717, 1.165) is 28.3 Å². The Hall–Kier alpha value is -2.07. The number of pyridine rings is 1. The first-order valence-corrected chi connectivity index (χ1v) is 6.14. The third-order valence-corrected chi connectivity index (χ3v) is 2.86. The number of nitrogens with zero attached hydrogens (tertiary/aromatic N) is 1. The molecule has 2 aromatic rings. The molecule has 0 spiro atoms. The second-order valence-corrected chi connectivity index (χ2v) is 4.27. The number of benzene rings is 1. The van der Waals surface area contributed by atoms with Crippen molar-refractivity contribution in [2.45, 2.75) is 20.1 Å². The van der Waals surface area contributed by atoms with Crippen molar-refractivity contribution in [1.82, 2.24) is 4.98 Å². The van der Waals surface area contributed by atoms with Crippen LogP contribution in [0.1, 0.15) is 16.8 Å². The maximum Gasteiger partial charge on any atom is 0.138 e. The van der Waals surface area contributed by atoms with Crippen molar-refractivity contribution < 1.29 is 9.47 Å². The van der Waals surface area contributed by atoms with Crippen LogP contribution in [0.4, 0.5) is 0 Å². The standard InChI is InChI=1S/C15H18N2O2/c1-11-3-5-14(9-17-11)19-10-13-7-12(8-16)4-6-15(13)18-2/h3-7,9H,8,10,16H2,1-2H3. The van der Waals surface area contributed by atoms with E-state index in [1.807, 2.05) is 37.3 Å². The van der Waals surface area contributed by atoms with Crippen molar-refractivity contribution >= 4 is 0 Å². The Morgan fingerprint density at radius 2 is 2.05 bits per heavy atom. The number of aromatic nitrogens is 1. The van der Waals surface area contributed by atoms with Crippen molar-refractivity contribution in [1.29, 1.82) is 0 Å². The number of hydrogen-bond acceptors (Lipinski definition) is 4. The van der Waals surface area contributed by atoms with Crippen LogP contribution in [0.5, 0.6) is 11.5 Å². The highest BCUT2D eigenvalue weighted by Crippen LogP contribution is 2.22. The summed E-state index contributed by atoms with van der Waals surface area (Å²) >= 11 is 0. The minimum Gasteiger partial charge on any atom is -0.496 e. The second kappa shape index (κ2) is 6.20. The van der Waals surface area contributed by atoms with Gasteiger partial charge in [0.2, 0.25) is 0 Å². The molecule has 4 nitrogen and oxygen atoms in total. The fraction of sp³-hybridized carbons (Fsp3) is 0.267. The molecule has 0 aliphatic carbocycles. The fourth-order valence-electron chi connectivity index (χ4n) is 1.77. The van der Waals surface area contributed by atoms with Crippen LogP contribution in [0.3, 0.4) is 0 Å². The van der Waals surface area contributed by atoms with E-state index >= 15 is 0 Å². The average Bonchev–Trinajstić information content (AvgIpc) is 2.46. The number of rotatable bonds is 5. The zero-order valence-corrected chi connectivity index (χ0v) is 11.2. The van der Waals surface area contributed by atoms with E-state index < -0.39 is 0 Å². The van der Waals surface area contributed by atoms with Gasteiger partial charge >= 0.3 is 0 Å². The summed E-state index contributed by atoms with van der Waals surface area (Å²) in [5.41, 5.74) is 8.64. The predicted octanol–water partition coefficient (Wildman–Crippen LogP) is 2.44. The average molecular weight is 258 g/mol. The SMILES string of the molecule is COc1ccc(CN)cc1COc1ccc(C)nc1. The number of methoxy groups -OCH3 is 1. The molecule has 1 heterocycles. The van der Waals surface area contributed by atoms with Crippen LogP contribution in [-0.2, 0) is 13.2 Å². The van der Waals surface area contributed by atoms with Gasteiger partial charge in [-0.2, -0.15) is 0 Å². The highest BCUT2D eigenvalue weighted by Gasteiger charge is 2.05. The van der Waals surface area contributed by atoms with Gasteiger partial charge in [-0.3, -0.25) is 4.98 Å². The summed E-state index contributed by atoms with van der Waals surface area (Å²) in [4.78, 5) is 4.19. The Balaban J connectivity index is 2.11. The molecule has 0 unspecified atom stereocenters. The van der Waals surface area contributed by atoms with Gasteiger partial charge in [-0.15, -0.1) is 0 Å². The first-order valence-electron chi connectivity index (χ1n) is 6.14. The molecule has 0 atom stereocenters. The van der Waals surface area contributed by atoms with Crippen LogP contribution >= 0.6 is 0 Å². The number of aryl methyl sites for hydroxylation is 1. The van der Waals surface area contributed by atoms with E-state index in [9.17, 15) is 0 Å². The Bertz CT molecular complexity index is 538. The van der Waals surface area contributed by atoms with Gasteiger partial charge < -0.3 is 15.2 Å². The largest absolute Gasteiger partial charge is 0.496 e. The molecule has 19 heavy (non-hydrogen) atoms. The molecule has 1 aromatic heterocycles. The van der Waals surface area contributed by atoms with E-state index in [-0.39, 0.29) is 0 Å². The molecule has 0 aliphatic heterocycles. The molecule has 100 valence electrons. The van der Waals surface area contributed by atoms with E-state index in [1.54, 1.807) is 13.3 Å². The van der Waals surface area contributed by atoms with E-state index in [4.69, 9.17) is 15.2 Å². The highest BCUT2D eigenvalue weighted by atomic mass is 16.5. The van der Waals surface area contributed by atoms with Gasteiger partial charge in [-0.25, -0.2) is 0 Å². The summed E-state index contributed by atoms with van der Waals surface area (Å²) in [5, 5.41) is 0. The number of nitrogens with two attached hydrogens (primary N) is 1. The van der Waals surface area contributed by atoms with E-state index in [2.05, 4.69) is 4.98 Å². The normalized spacial score (nSPS) is 10.3. The predicted molar refractivity (Wildman–Crippen MR) is 74.2 cm³/mol. The molecular formula is C15H18N2O2. The van der Waals surface area contributed by atoms with Crippen molar-refractivity contribution in [3.63, 3.8) is 0 Å². The molecule has 0 fully saturated rings. The molecule has 0 saturated carbocycles. The van der Waals surface area contributed by atoms with Gasteiger partial charge in [0.25, 0.3) is 0 Å². The van der Waals surface area contributed by atoms with Crippen LogP contribution in [-0.4, -0.2) is 12.1 Å². The quantitative estimate of drug-likeness (QED) is 0.895. The van der Waals surface area contributed by atoms with Gasteiger partial charge in [0.15, 0.2) is 0 Å². The minimum absolute atomic E-state index is 0.432. The van der Waals surface area contributed by atoms with Crippen LogP contribution in [0.15, 0.2) is 36.5 Å². The maximum absolute atomic E-state index is 5.71. The molecule has 1 aromatic carbocycles. The topological polar surface area (TPSA) is 57.4 Å². The molecule has 2 rings (SSSR count). The van der Waals surface area contributed by atoms with Crippen LogP contribution < -0.4 is 15.2 Å². The molecule has 0 aliphatic rings. The van der Waals surface area contributed by atoms with Crippen LogP contribution in [0, 0.1) is 6.92 Å².